The Morgan fingerprint density at radius 3 is 2.76 bits per heavy atom. The van der Waals surface area contributed by atoms with E-state index in [1.165, 1.54) is 12.1 Å². The van der Waals surface area contributed by atoms with Crippen LogP contribution in [0.25, 0.3) is 10.9 Å². The molecule has 0 atom stereocenters. The lowest BCUT2D eigenvalue weighted by Gasteiger charge is -2.38. The first-order valence-electron chi connectivity index (χ1n) is 9.36. The standard InChI is InChI=1S/C21H20BrN3O4/c22-15-3-1-2-14(10-15)21(6-8-29-9-7-21)13-24-20(26)18-12-23-19-5-4-16(25(27)28)11-17(18)19/h1-5,10-12,23H,6-9,13H2,(H,24,26). The van der Waals surface area contributed by atoms with Gasteiger partial charge in [-0.2, -0.15) is 0 Å². The topological polar surface area (TPSA) is 97.3 Å². The number of hydrogen-bond acceptors (Lipinski definition) is 4. The Hall–Kier alpha value is -2.71. The highest BCUT2D eigenvalue weighted by Crippen LogP contribution is 2.35. The fourth-order valence-corrected chi connectivity index (χ4v) is 4.30. The molecule has 1 fully saturated rings. The zero-order valence-corrected chi connectivity index (χ0v) is 17.2. The number of aromatic nitrogens is 1. The highest BCUT2D eigenvalue weighted by atomic mass is 79.9. The summed E-state index contributed by atoms with van der Waals surface area (Å²) in [5, 5.41) is 14.7. The summed E-state index contributed by atoms with van der Waals surface area (Å²) in [6, 6.07) is 12.6. The number of fused-ring (bicyclic) bond motifs is 1. The number of aromatic amines is 1. The molecule has 2 heterocycles. The molecule has 0 unspecified atom stereocenters. The Morgan fingerprint density at radius 1 is 1.24 bits per heavy atom. The molecule has 1 aliphatic heterocycles. The minimum atomic E-state index is -0.460. The van der Waals surface area contributed by atoms with Gasteiger partial charge in [0.1, 0.15) is 0 Å². The van der Waals surface area contributed by atoms with Crippen molar-refractivity contribution in [3.8, 4) is 0 Å². The normalized spacial score (nSPS) is 15.9. The van der Waals surface area contributed by atoms with Crippen LogP contribution in [0.2, 0.25) is 0 Å². The Kier molecular flexibility index (Phi) is 5.38. The molecule has 2 aromatic carbocycles. The average Bonchev–Trinajstić information content (AvgIpc) is 3.16. The van der Waals surface area contributed by atoms with Gasteiger partial charge < -0.3 is 15.0 Å². The molecule has 1 aromatic heterocycles. The summed E-state index contributed by atoms with van der Waals surface area (Å²) >= 11 is 3.53. The number of nitro groups is 1. The van der Waals surface area contributed by atoms with Gasteiger partial charge in [-0.15, -0.1) is 0 Å². The quantitative estimate of drug-likeness (QED) is 0.440. The van der Waals surface area contributed by atoms with Crippen LogP contribution < -0.4 is 5.32 Å². The largest absolute Gasteiger partial charge is 0.381 e. The number of ether oxygens (including phenoxy) is 1. The van der Waals surface area contributed by atoms with Crippen LogP contribution in [0.1, 0.15) is 28.8 Å². The first-order chi connectivity index (χ1) is 14.0. The summed E-state index contributed by atoms with van der Waals surface area (Å²) in [6.07, 6.45) is 3.21. The summed E-state index contributed by atoms with van der Waals surface area (Å²) in [5.74, 6) is -0.252. The lowest BCUT2D eigenvalue weighted by molar-refractivity contribution is -0.384. The number of hydrogen-bond donors (Lipinski definition) is 2. The molecule has 7 nitrogen and oxygen atoms in total. The van der Waals surface area contributed by atoms with Crippen LogP contribution in [0.5, 0.6) is 0 Å². The summed E-state index contributed by atoms with van der Waals surface area (Å²) in [7, 11) is 0. The highest BCUT2D eigenvalue weighted by molar-refractivity contribution is 9.10. The number of halogens is 1. The maximum atomic E-state index is 12.9. The van der Waals surface area contributed by atoms with Gasteiger partial charge in [0, 0.05) is 58.9 Å². The number of H-pyrrole nitrogens is 1. The van der Waals surface area contributed by atoms with Crippen LogP contribution in [0, 0.1) is 10.1 Å². The van der Waals surface area contributed by atoms with Crippen molar-refractivity contribution in [3.63, 3.8) is 0 Å². The molecular formula is C21H20BrN3O4. The number of nitro benzene ring substituents is 1. The minimum absolute atomic E-state index is 0.0406. The second kappa shape index (κ2) is 7.96. The number of carbonyl (C=O) groups excluding carboxylic acids is 1. The average molecular weight is 458 g/mol. The Morgan fingerprint density at radius 2 is 2.03 bits per heavy atom. The van der Waals surface area contributed by atoms with Gasteiger partial charge in [-0.25, -0.2) is 0 Å². The predicted molar refractivity (Wildman–Crippen MR) is 113 cm³/mol. The maximum Gasteiger partial charge on any atom is 0.270 e. The van der Waals surface area contributed by atoms with Crippen molar-refractivity contribution >= 4 is 38.4 Å². The Balaban J connectivity index is 1.60. The van der Waals surface area contributed by atoms with Crippen LogP contribution in [0.15, 0.2) is 53.1 Å². The molecular weight excluding hydrogens is 438 g/mol. The van der Waals surface area contributed by atoms with Crippen molar-refractivity contribution in [1.82, 2.24) is 10.3 Å². The van der Waals surface area contributed by atoms with Crippen molar-refractivity contribution < 1.29 is 14.5 Å². The fraction of sp³-hybridized carbons (Fsp3) is 0.286. The van der Waals surface area contributed by atoms with Crippen molar-refractivity contribution in [1.29, 1.82) is 0 Å². The van der Waals surface area contributed by atoms with Gasteiger partial charge in [0.25, 0.3) is 11.6 Å². The third-order valence-corrected chi connectivity index (χ3v) is 6.09. The van der Waals surface area contributed by atoms with Gasteiger partial charge >= 0.3 is 0 Å². The van der Waals surface area contributed by atoms with Gasteiger partial charge in [-0.05, 0) is 36.6 Å². The van der Waals surface area contributed by atoms with Crippen LogP contribution in [-0.2, 0) is 10.2 Å². The van der Waals surface area contributed by atoms with Crippen molar-refractivity contribution in [3.05, 3.63) is 74.4 Å². The van der Waals surface area contributed by atoms with Gasteiger partial charge in [0.15, 0.2) is 0 Å². The summed E-state index contributed by atoms with van der Waals surface area (Å²) in [5.41, 5.74) is 2.00. The van der Waals surface area contributed by atoms with Crippen LogP contribution in [0.3, 0.4) is 0 Å². The summed E-state index contributed by atoms with van der Waals surface area (Å²) in [6.45, 7) is 1.75. The molecule has 1 saturated heterocycles. The number of benzene rings is 2. The lowest BCUT2D eigenvalue weighted by atomic mass is 9.74. The van der Waals surface area contributed by atoms with E-state index in [0.29, 0.717) is 36.2 Å². The predicted octanol–water partition coefficient (Wildman–Crippen LogP) is 4.32. The van der Waals surface area contributed by atoms with Crippen LogP contribution in [0.4, 0.5) is 5.69 Å². The number of carbonyl (C=O) groups is 1. The van der Waals surface area contributed by atoms with E-state index in [1.54, 1.807) is 12.3 Å². The second-order valence-electron chi connectivity index (χ2n) is 7.28. The third kappa shape index (κ3) is 3.90. The Bertz CT molecular complexity index is 1070. The smallest absolute Gasteiger partial charge is 0.270 e. The van der Waals surface area contributed by atoms with Crippen molar-refractivity contribution in [2.75, 3.05) is 19.8 Å². The number of nitrogens with zero attached hydrogens (tertiary/aromatic N) is 1. The molecule has 0 bridgehead atoms. The fourth-order valence-electron chi connectivity index (χ4n) is 3.90. The highest BCUT2D eigenvalue weighted by Gasteiger charge is 2.35. The first-order valence-corrected chi connectivity index (χ1v) is 10.2. The SMILES string of the molecule is O=C(NCC1(c2cccc(Br)c2)CCOCC1)c1c[nH]c2ccc([N+](=O)[O-])cc12. The maximum absolute atomic E-state index is 12.9. The van der Waals surface area contributed by atoms with Gasteiger partial charge in [0.05, 0.1) is 10.5 Å². The molecule has 0 saturated carbocycles. The number of non-ortho nitro benzene ring substituents is 1. The lowest BCUT2D eigenvalue weighted by Crippen LogP contribution is -2.44. The van der Waals surface area contributed by atoms with Gasteiger partial charge in [-0.1, -0.05) is 28.1 Å². The number of rotatable bonds is 5. The van der Waals surface area contributed by atoms with Crippen molar-refractivity contribution in [2.24, 2.45) is 0 Å². The molecule has 1 aliphatic rings. The van der Waals surface area contributed by atoms with Gasteiger partial charge in [0.2, 0.25) is 0 Å². The van der Waals surface area contributed by atoms with E-state index < -0.39 is 4.92 Å². The molecule has 29 heavy (non-hydrogen) atoms. The molecule has 1 amide bonds. The van der Waals surface area contributed by atoms with E-state index >= 15 is 0 Å². The molecule has 0 spiro atoms. The van der Waals surface area contributed by atoms with Crippen molar-refractivity contribution in [2.45, 2.75) is 18.3 Å². The monoisotopic (exact) mass is 457 g/mol. The van der Waals surface area contributed by atoms with E-state index in [1.807, 2.05) is 12.1 Å². The molecule has 2 N–H and O–H groups in total. The molecule has 8 heteroatoms. The molecule has 0 aliphatic carbocycles. The zero-order chi connectivity index (χ0) is 20.4. The number of amides is 1. The summed E-state index contributed by atoms with van der Waals surface area (Å²) < 4.78 is 6.55. The molecule has 3 aromatic rings. The third-order valence-electron chi connectivity index (χ3n) is 5.60. The molecule has 150 valence electrons. The molecule has 4 rings (SSSR count). The van der Waals surface area contributed by atoms with Gasteiger partial charge in [-0.3, -0.25) is 14.9 Å². The first kappa shape index (κ1) is 19.6. The molecule has 0 radical (unpaired) electrons. The van der Waals surface area contributed by atoms with E-state index in [4.69, 9.17) is 4.74 Å². The van der Waals surface area contributed by atoms with E-state index in [-0.39, 0.29) is 17.0 Å². The second-order valence-corrected chi connectivity index (χ2v) is 8.19. The van der Waals surface area contributed by atoms with E-state index in [2.05, 4.69) is 38.4 Å². The van der Waals surface area contributed by atoms with Crippen LogP contribution in [-0.4, -0.2) is 35.6 Å². The zero-order valence-electron chi connectivity index (χ0n) is 15.6. The summed E-state index contributed by atoms with van der Waals surface area (Å²) in [4.78, 5) is 26.6. The number of nitrogens with one attached hydrogen (secondary N) is 2. The minimum Gasteiger partial charge on any atom is -0.381 e. The van der Waals surface area contributed by atoms with Crippen LogP contribution >= 0.6 is 15.9 Å². The van der Waals surface area contributed by atoms with E-state index in [9.17, 15) is 14.9 Å². The Labute approximate surface area is 175 Å². The van der Waals surface area contributed by atoms with E-state index in [0.717, 1.165) is 22.9 Å².